The van der Waals surface area contributed by atoms with Crippen molar-refractivity contribution >= 4 is 5.91 Å². The van der Waals surface area contributed by atoms with E-state index >= 15 is 0 Å². The van der Waals surface area contributed by atoms with E-state index in [9.17, 15) is 9.90 Å². The largest absolute Gasteiger partial charge is 0.394 e. The lowest BCUT2D eigenvalue weighted by Crippen LogP contribution is -2.34. The van der Waals surface area contributed by atoms with Gasteiger partial charge in [-0.05, 0) is 23.7 Å². The SMILES string of the molecule is CC(C)CCCC(C)CCCC(C)CCCC(C)CC(=O)NCC(O)CO. The fraction of sp³-hybridized carbons (Fsp3) is 0.957. The van der Waals surface area contributed by atoms with E-state index in [0.717, 1.165) is 24.2 Å². The van der Waals surface area contributed by atoms with Crippen molar-refractivity contribution in [1.29, 1.82) is 0 Å². The Labute approximate surface area is 168 Å². The number of aliphatic hydroxyl groups excluding tert-OH is 2. The molecule has 4 unspecified atom stereocenters. The highest BCUT2D eigenvalue weighted by molar-refractivity contribution is 5.76. The molecular weight excluding hydrogens is 338 g/mol. The lowest BCUT2D eigenvalue weighted by molar-refractivity contribution is -0.122. The van der Waals surface area contributed by atoms with Gasteiger partial charge in [-0.2, -0.15) is 0 Å². The first-order chi connectivity index (χ1) is 12.7. The topological polar surface area (TPSA) is 69.6 Å². The average Bonchev–Trinajstić information content (AvgIpc) is 2.59. The second-order valence-corrected chi connectivity index (χ2v) is 9.35. The van der Waals surface area contributed by atoms with Crippen LogP contribution < -0.4 is 5.32 Å². The summed E-state index contributed by atoms with van der Waals surface area (Å²) >= 11 is 0. The number of rotatable bonds is 17. The first-order valence-corrected chi connectivity index (χ1v) is 11.3. The summed E-state index contributed by atoms with van der Waals surface area (Å²) < 4.78 is 0. The molecule has 0 spiro atoms. The molecule has 0 rings (SSSR count). The van der Waals surface area contributed by atoms with Gasteiger partial charge in [0.05, 0.1) is 12.7 Å². The zero-order chi connectivity index (χ0) is 20.7. The molecule has 1 amide bonds. The quantitative estimate of drug-likeness (QED) is 0.333. The third kappa shape index (κ3) is 17.2. The van der Waals surface area contributed by atoms with Gasteiger partial charge in [-0.15, -0.1) is 0 Å². The van der Waals surface area contributed by atoms with E-state index in [1.165, 1.54) is 51.4 Å². The van der Waals surface area contributed by atoms with Crippen molar-refractivity contribution in [2.24, 2.45) is 23.7 Å². The maximum atomic E-state index is 11.8. The van der Waals surface area contributed by atoms with Crippen LogP contribution in [-0.2, 0) is 4.79 Å². The van der Waals surface area contributed by atoms with Crippen LogP contribution in [0.1, 0.15) is 98.8 Å². The van der Waals surface area contributed by atoms with Crippen LogP contribution >= 0.6 is 0 Å². The average molecular weight is 386 g/mol. The van der Waals surface area contributed by atoms with Gasteiger partial charge in [-0.1, -0.05) is 92.4 Å². The van der Waals surface area contributed by atoms with Crippen LogP contribution in [0.25, 0.3) is 0 Å². The number of carbonyl (C=O) groups is 1. The van der Waals surface area contributed by atoms with E-state index in [1.54, 1.807) is 0 Å². The van der Waals surface area contributed by atoms with E-state index < -0.39 is 6.10 Å². The molecule has 0 saturated carbocycles. The predicted molar refractivity (Wildman–Crippen MR) is 115 cm³/mol. The van der Waals surface area contributed by atoms with E-state index in [-0.39, 0.29) is 19.1 Å². The fourth-order valence-electron chi connectivity index (χ4n) is 3.58. The van der Waals surface area contributed by atoms with Crippen LogP contribution in [-0.4, -0.2) is 35.4 Å². The second-order valence-electron chi connectivity index (χ2n) is 9.35. The van der Waals surface area contributed by atoms with Gasteiger partial charge in [-0.3, -0.25) is 4.79 Å². The second kappa shape index (κ2) is 16.4. The molecular formula is C23H47NO3. The Morgan fingerprint density at radius 1 is 0.778 bits per heavy atom. The summed E-state index contributed by atoms with van der Waals surface area (Å²) in [4.78, 5) is 11.8. The van der Waals surface area contributed by atoms with Crippen molar-refractivity contribution in [2.45, 2.75) is 105 Å². The molecule has 0 saturated heterocycles. The molecule has 4 atom stereocenters. The van der Waals surface area contributed by atoms with Gasteiger partial charge in [0, 0.05) is 13.0 Å². The minimum absolute atomic E-state index is 0.0329. The molecule has 162 valence electrons. The first-order valence-electron chi connectivity index (χ1n) is 11.3. The molecule has 0 heterocycles. The summed E-state index contributed by atoms with van der Waals surface area (Å²) in [5, 5.41) is 20.7. The van der Waals surface area contributed by atoms with Gasteiger partial charge in [0.25, 0.3) is 0 Å². The standard InChI is InChI=1S/C23H47NO3/c1-18(2)9-6-10-19(3)11-7-12-20(4)13-8-14-21(5)15-23(27)24-16-22(26)17-25/h18-22,25-26H,6-17H2,1-5H3,(H,24,27). The molecule has 0 aromatic carbocycles. The first kappa shape index (κ1) is 26.4. The summed E-state index contributed by atoms with van der Waals surface area (Å²) in [6.07, 6.45) is 11.3. The summed E-state index contributed by atoms with van der Waals surface area (Å²) in [6.45, 7) is 11.3. The van der Waals surface area contributed by atoms with Crippen LogP contribution in [0.4, 0.5) is 0 Å². The Balaban J connectivity index is 3.66. The predicted octanol–water partition coefficient (Wildman–Crippen LogP) is 4.92. The normalized spacial score (nSPS) is 16.1. The van der Waals surface area contributed by atoms with Crippen molar-refractivity contribution in [3.8, 4) is 0 Å². The molecule has 0 radical (unpaired) electrons. The Bertz CT molecular complexity index is 360. The Kier molecular flexibility index (Phi) is 16.0. The third-order valence-corrected chi connectivity index (χ3v) is 5.55. The van der Waals surface area contributed by atoms with Gasteiger partial charge in [-0.25, -0.2) is 0 Å². The molecule has 4 nitrogen and oxygen atoms in total. The number of hydrogen-bond acceptors (Lipinski definition) is 3. The van der Waals surface area contributed by atoms with Crippen molar-refractivity contribution in [2.75, 3.05) is 13.2 Å². The van der Waals surface area contributed by atoms with Crippen molar-refractivity contribution in [3.63, 3.8) is 0 Å². The van der Waals surface area contributed by atoms with Crippen LogP contribution in [0, 0.1) is 23.7 Å². The van der Waals surface area contributed by atoms with Crippen molar-refractivity contribution in [1.82, 2.24) is 5.32 Å². The van der Waals surface area contributed by atoms with Gasteiger partial charge in [0.1, 0.15) is 0 Å². The Morgan fingerprint density at radius 3 is 1.67 bits per heavy atom. The molecule has 0 aromatic rings. The number of hydrogen-bond donors (Lipinski definition) is 3. The molecule has 0 aliphatic carbocycles. The number of nitrogens with one attached hydrogen (secondary N) is 1. The summed E-state index contributed by atoms with van der Waals surface area (Å²) in [7, 11) is 0. The molecule has 3 N–H and O–H groups in total. The van der Waals surface area contributed by atoms with Crippen molar-refractivity contribution < 1.29 is 15.0 Å². The minimum Gasteiger partial charge on any atom is -0.394 e. The molecule has 0 aliphatic rings. The van der Waals surface area contributed by atoms with E-state index in [1.807, 2.05) is 0 Å². The van der Waals surface area contributed by atoms with Crippen LogP contribution in [0.3, 0.4) is 0 Å². The zero-order valence-electron chi connectivity index (χ0n) is 18.7. The van der Waals surface area contributed by atoms with Crippen LogP contribution in [0.5, 0.6) is 0 Å². The van der Waals surface area contributed by atoms with E-state index in [4.69, 9.17) is 5.11 Å². The molecule has 0 aliphatic heterocycles. The lowest BCUT2D eigenvalue weighted by Gasteiger charge is -2.16. The maximum Gasteiger partial charge on any atom is 0.220 e. The summed E-state index contributed by atoms with van der Waals surface area (Å²) in [5.74, 6) is 2.80. The van der Waals surface area contributed by atoms with E-state index in [0.29, 0.717) is 12.3 Å². The fourth-order valence-corrected chi connectivity index (χ4v) is 3.58. The molecule has 4 heteroatoms. The smallest absolute Gasteiger partial charge is 0.220 e. The van der Waals surface area contributed by atoms with Gasteiger partial charge < -0.3 is 15.5 Å². The summed E-state index contributed by atoms with van der Waals surface area (Å²) in [6, 6.07) is 0. The Hall–Kier alpha value is -0.610. The number of aliphatic hydroxyl groups is 2. The van der Waals surface area contributed by atoms with Crippen LogP contribution in [0.15, 0.2) is 0 Å². The van der Waals surface area contributed by atoms with Gasteiger partial charge in [0.2, 0.25) is 5.91 Å². The monoisotopic (exact) mass is 385 g/mol. The number of carbonyl (C=O) groups excluding carboxylic acids is 1. The highest BCUT2D eigenvalue weighted by Gasteiger charge is 2.12. The molecule has 0 bridgehead atoms. The minimum atomic E-state index is -0.858. The van der Waals surface area contributed by atoms with Gasteiger partial charge >= 0.3 is 0 Å². The highest BCUT2D eigenvalue weighted by atomic mass is 16.3. The highest BCUT2D eigenvalue weighted by Crippen LogP contribution is 2.22. The Morgan fingerprint density at radius 2 is 1.22 bits per heavy atom. The van der Waals surface area contributed by atoms with Crippen LogP contribution in [0.2, 0.25) is 0 Å². The zero-order valence-corrected chi connectivity index (χ0v) is 18.7. The third-order valence-electron chi connectivity index (χ3n) is 5.55. The molecule has 0 aromatic heterocycles. The number of amides is 1. The summed E-state index contributed by atoms with van der Waals surface area (Å²) in [5.41, 5.74) is 0. The molecule has 27 heavy (non-hydrogen) atoms. The lowest BCUT2D eigenvalue weighted by atomic mass is 9.90. The van der Waals surface area contributed by atoms with E-state index in [2.05, 4.69) is 39.9 Å². The van der Waals surface area contributed by atoms with Gasteiger partial charge in [0.15, 0.2) is 0 Å². The maximum absolute atomic E-state index is 11.8. The van der Waals surface area contributed by atoms with Crippen molar-refractivity contribution in [3.05, 3.63) is 0 Å². The molecule has 0 fully saturated rings.